The molecule has 3 aliphatic rings. The molecule has 1 saturated carbocycles. The van der Waals surface area contributed by atoms with Crippen molar-refractivity contribution in [2.45, 2.75) is 38.1 Å². The van der Waals surface area contributed by atoms with Crippen LogP contribution in [0.1, 0.15) is 36.3 Å². The minimum atomic E-state index is -0.205. The summed E-state index contributed by atoms with van der Waals surface area (Å²) in [6, 6.07) is 7.19. The van der Waals surface area contributed by atoms with Gasteiger partial charge in [-0.25, -0.2) is 4.39 Å². The van der Waals surface area contributed by atoms with E-state index in [1.165, 1.54) is 37.8 Å². The number of hydrogen-bond donors (Lipinski definition) is 1. The highest BCUT2D eigenvalue weighted by Crippen LogP contribution is 2.46. The highest BCUT2D eigenvalue weighted by atomic mass is 32.1. The number of halogens is 1. The van der Waals surface area contributed by atoms with E-state index in [1.807, 2.05) is 12.1 Å². The topological polar surface area (TPSA) is 55.0 Å². The lowest BCUT2D eigenvalue weighted by Crippen LogP contribution is -2.56. The molecule has 5 rings (SSSR count). The number of piperidine rings is 2. The molecule has 122 valence electrons. The van der Waals surface area contributed by atoms with E-state index < -0.39 is 0 Å². The van der Waals surface area contributed by atoms with Crippen LogP contribution in [0.4, 0.5) is 9.52 Å². The fraction of sp³-hybridized carbons (Fsp3) is 0.529. The summed E-state index contributed by atoms with van der Waals surface area (Å²) < 4.78 is 13.0. The number of hydrogen-bond acceptors (Lipinski definition) is 5. The van der Waals surface area contributed by atoms with Crippen LogP contribution in [-0.4, -0.2) is 29.3 Å². The summed E-state index contributed by atoms with van der Waals surface area (Å²) in [7, 11) is 0. The summed E-state index contributed by atoms with van der Waals surface area (Å²) >= 11 is 1.66. The van der Waals surface area contributed by atoms with Gasteiger partial charge in [0.05, 0.1) is 0 Å². The maximum atomic E-state index is 13.0. The number of nitrogens with two attached hydrogens (primary N) is 1. The molecule has 3 fully saturated rings. The molecule has 2 aromatic rings. The van der Waals surface area contributed by atoms with Crippen molar-refractivity contribution in [1.29, 1.82) is 0 Å². The van der Waals surface area contributed by atoms with Crippen LogP contribution in [0.3, 0.4) is 0 Å². The molecule has 2 aliphatic heterocycles. The van der Waals surface area contributed by atoms with Gasteiger partial charge < -0.3 is 10.6 Å². The molecule has 0 amide bonds. The van der Waals surface area contributed by atoms with Gasteiger partial charge in [0.25, 0.3) is 0 Å². The van der Waals surface area contributed by atoms with Crippen LogP contribution in [0.15, 0.2) is 24.3 Å². The van der Waals surface area contributed by atoms with E-state index >= 15 is 0 Å². The first kappa shape index (κ1) is 15.0. The van der Waals surface area contributed by atoms with Crippen LogP contribution < -0.4 is 10.6 Å². The molecule has 2 N–H and O–H groups in total. The zero-order valence-electron chi connectivity index (χ0n) is 13.0. The molecule has 0 unspecified atom stereocenters. The van der Waals surface area contributed by atoms with Gasteiger partial charge in [-0.3, -0.25) is 0 Å². The Kier molecular flexibility index (Phi) is 3.81. The number of benzene rings is 1. The molecule has 2 saturated heterocycles. The van der Waals surface area contributed by atoms with Gasteiger partial charge in [-0.1, -0.05) is 23.5 Å². The van der Waals surface area contributed by atoms with Crippen LogP contribution >= 0.6 is 11.3 Å². The van der Waals surface area contributed by atoms with E-state index in [9.17, 15) is 4.39 Å². The Balaban J connectivity index is 1.51. The number of aromatic nitrogens is 2. The van der Waals surface area contributed by atoms with E-state index in [1.54, 1.807) is 11.3 Å². The van der Waals surface area contributed by atoms with Crippen molar-refractivity contribution in [2.24, 2.45) is 11.1 Å². The molecule has 6 heteroatoms. The van der Waals surface area contributed by atoms with E-state index in [2.05, 4.69) is 15.1 Å². The largest absolute Gasteiger partial charge is 0.343 e. The van der Waals surface area contributed by atoms with Crippen LogP contribution in [0.25, 0.3) is 0 Å². The quantitative estimate of drug-likeness (QED) is 0.935. The van der Waals surface area contributed by atoms with Gasteiger partial charge in [0, 0.05) is 24.4 Å². The van der Waals surface area contributed by atoms with E-state index in [4.69, 9.17) is 5.73 Å². The number of fused-ring (bicyclic) bond motifs is 3. The Morgan fingerprint density at radius 2 is 1.96 bits per heavy atom. The van der Waals surface area contributed by atoms with Crippen molar-refractivity contribution < 1.29 is 4.39 Å². The number of rotatable bonds is 4. The fourth-order valence-electron chi connectivity index (χ4n) is 3.88. The van der Waals surface area contributed by atoms with Gasteiger partial charge >= 0.3 is 0 Å². The average Bonchev–Trinajstić information content (AvgIpc) is 3.06. The summed E-state index contributed by atoms with van der Waals surface area (Å²) in [6.45, 7) is 1.77. The van der Waals surface area contributed by atoms with Crippen LogP contribution in [-0.2, 0) is 6.42 Å². The summed E-state index contributed by atoms with van der Waals surface area (Å²) in [6.07, 6.45) is 5.62. The summed E-state index contributed by atoms with van der Waals surface area (Å²) in [5, 5.41) is 10.8. The first-order chi connectivity index (χ1) is 11.2. The van der Waals surface area contributed by atoms with Gasteiger partial charge in [-0.2, -0.15) is 0 Å². The zero-order valence-corrected chi connectivity index (χ0v) is 13.9. The lowest BCUT2D eigenvalue weighted by Gasteiger charge is -2.52. The highest BCUT2D eigenvalue weighted by molar-refractivity contribution is 7.15. The standard InChI is InChI=1S/C17H21FN4S/c18-13-3-1-12(2-4-13)9-15-20-21-16(23-15)22-11-17(10-19)7-5-14(22)6-8-17/h1-4,14H,5-11,19H2. The second-order valence-corrected chi connectivity index (χ2v) is 7.89. The smallest absolute Gasteiger partial charge is 0.208 e. The summed E-state index contributed by atoms with van der Waals surface area (Å²) in [5.41, 5.74) is 7.38. The fourth-order valence-corrected chi connectivity index (χ4v) is 4.82. The molecule has 2 bridgehead atoms. The predicted molar refractivity (Wildman–Crippen MR) is 90.2 cm³/mol. The van der Waals surface area contributed by atoms with Crippen molar-refractivity contribution >= 4 is 16.5 Å². The molecule has 0 radical (unpaired) electrons. The monoisotopic (exact) mass is 332 g/mol. The van der Waals surface area contributed by atoms with Crippen LogP contribution in [0.5, 0.6) is 0 Å². The lowest BCUT2D eigenvalue weighted by molar-refractivity contribution is 0.133. The molecule has 1 aromatic carbocycles. The first-order valence-electron chi connectivity index (χ1n) is 8.21. The molecule has 4 nitrogen and oxygen atoms in total. The molecule has 1 aliphatic carbocycles. The molecule has 0 atom stereocenters. The Labute approximate surface area is 139 Å². The van der Waals surface area contributed by atoms with Crippen LogP contribution in [0, 0.1) is 11.2 Å². The third kappa shape index (κ3) is 2.85. The summed E-state index contributed by atoms with van der Waals surface area (Å²) in [5.74, 6) is -0.205. The minimum Gasteiger partial charge on any atom is -0.343 e. The second-order valence-electron chi connectivity index (χ2n) is 6.84. The molecular weight excluding hydrogens is 311 g/mol. The minimum absolute atomic E-state index is 0.205. The van der Waals surface area contributed by atoms with Crippen molar-refractivity contribution in [3.8, 4) is 0 Å². The molecule has 23 heavy (non-hydrogen) atoms. The highest BCUT2D eigenvalue weighted by Gasteiger charge is 2.44. The third-order valence-electron chi connectivity index (χ3n) is 5.37. The zero-order chi connectivity index (χ0) is 15.9. The van der Waals surface area contributed by atoms with E-state index in [0.717, 1.165) is 28.8 Å². The summed E-state index contributed by atoms with van der Waals surface area (Å²) in [4.78, 5) is 2.42. The number of anilines is 1. The normalized spacial score (nSPS) is 26.7. The molecule has 0 spiro atoms. The Bertz CT molecular complexity index is 676. The lowest BCUT2D eigenvalue weighted by atomic mass is 9.68. The Hall–Kier alpha value is -1.53. The van der Waals surface area contributed by atoms with Gasteiger partial charge in [0.2, 0.25) is 5.13 Å². The Morgan fingerprint density at radius 1 is 1.22 bits per heavy atom. The average molecular weight is 332 g/mol. The Morgan fingerprint density at radius 3 is 2.65 bits per heavy atom. The SMILES string of the molecule is NCC12CCC(CC1)N(c1nnc(Cc3ccc(F)cc3)s1)C2. The predicted octanol–water partition coefficient (Wildman–Crippen LogP) is 2.98. The maximum absolute atomic E-state index is 13.0. The van der Waals surface area contributed by atoms with E-state index in [0.29, 0.717) is 12.5 Å². The molecular formula is C17H21FN4S. The number of nitrogens with zero attached hydrogens (tertiary/aromatic N) is 3. The van der Waals surface area contributed by atoms with Gasteiger partial charge in [-0.15, -0.1) is 10.2 Å². The molecule has 1 aromatic heterocycles. The van der Waals surface area contributed by atoms with Crippen molar-refractivity contribution in [2.75, 3.05) is 18.0 Å². The van der Waals surface area contributed by atoms with Crippen molar-refractivity contribution in [3.05, 3.63) is 40.7 Å². The van der Waals surface area contributed by atoms with E-state index in [-0.39, 0.29) is 11.2 Å². The van der Waals surface area contributed by atoms with Gasteiger partial charge in [-0.05, 0) is 49.9 Å². The third-order valence-corrected chi connectivity index (χ3v) is 6.33. The van der Waals surface area contributed by atoms with Crippen molar-refractivity contribution in [1.82, 2.24) is 10.2 Å². The maximum Gasteiger partial charge on any atom is 0.208 e. The van der Waals surface area contributed by atoms with Gasteiger partial charge in [0.1, 0.15) is 10.8 Å². The first-order valence-corrected chi connectivity index (χ1v) is 9.03. The van der Waals surface area contributed by atoms with Gasteiger partial charge in [0.15, 0.2) is 0 Å². The second kappa shape index (κ2) is 5.83. The molecule has 3 heterocycles. The van der Waals surface area contributed by atoms with Crippen LogP contribution in [0.2, 0.25) is 0 Å². The van der Waals surface area contributed by atoms with Crippen molar-refractivity contribution in [3.63, 3.8) is 0 Å².